The van der Waals surface area contributed by atoms with Crippen LogP contribution in [0.15, 0.2) is 42.6 Å². The number of nitrogens with zero attached hydrogens (tertiary/aromatic N) is 1. The summed E-state index contributed by atoms with van der Waals surface area (Å²) in [6.07, 6.45) is 1.69. The number of anilines is 2. The Bertz CT molecular complexity index is 525. The smallest absolute Gasteiger partial charge is 0.125 e. The van der Waals surface area contributed by atoms with Crippen molar-refractivity contribution in [3.05, 3.63) is 48.2 Å². The summed E-state index contributed by atoms with van der Waals surface area (Å²) >= 11 is 0. The molecule has 1 heterocycles. The molecule has 0 aliphatic rings. The van der Waals surface area contributed by atoms with Gasteiger partial charge in [-0.3, -0.25) is 0 Å². The van der Waals surface area contributed by atoms with Gasteiger partial charge in [-0.1, -0.05) is 17.7 Å². The second-order valence-corrected chi connectivity index (χ2v) is 4.64. The minimum atomic E-state index is 0.183. The summed E-state index contributed by atoms with van der Waals surface area (Å²) in [4.78, 5) is 3.96. The van der Waals surface area contributed by atoms with E-state index in [0.717, 1.165) is 11.4 Å². The monoisotopic (exact) mass is 257 g/mol. The number of benzene rings is 1. The lowest BCUT2D eigenvalue weighted by Crippen LogP contribution is -2.23. The number of hydrogen-bond acceptors (Lipinski definition) is 4. The first kappa shape index (κ1) is 13.2. The maximum atomic E-state index is 5.72. The number of aromatic nitrogens is 1. The van der Waals surface area contributed by atoms with Crippen LogP contribution in [0.4, 0.5) is 11.5 Å². The molecule has 0 aliphatic heterocycles. The number of pyridine rings is 1. The van der Waals surface area contributed by atoms with Gasteiger partial charge < -0.3 is 15.8 Å². The number of ether oxygens (including phenoxy) is 1. The minimum absolute atomic E-state index is 0.183. The molecule has 100 valence electrons. The fourth-order valence-corrected chi connectivity index (χ4v) is 1.72. The Balaban J connectivity index is 1.84. The van der Waals surface area contributed by atoms with Crippen molar-refractivity contribution in [1.82, 2.24) is 4.98 Å². The van der Waals surface area contributed by atoms with Gasteiger partial charge in [0.1, 0.15) is 18.2 Å². The number of rotatable bonds is 5. The van der Waals surface area contributed by atoms with E-state index in [1.165, 1.54) is 5.56 Å². The van der Waals surface area contributed by atoms with Crippen molar-refractivity contribution < 1.29 is 4.74 Å². The Morgan fingerprint density at radius 1 is 1.26 bits per heavy atom. The second-order valence-electron chi connectivity index (χ2n) is 4.64. The Morgan fingerprint density at radius 2 is 2.00 bits per heavy atom. The van der Waals surface area contributed by atoms with E-state index in [4.69, 9.17) is 10.5 Å². The van der Waals surface area contributed by atoms with Crippen molar-refractivity contribution in [1.29, 1.82) is 0 Å². The molecule has 0 aliphatic carbocycles. The summed E-state index contributed by atoms with van der Waals surface area (Å²) in [7, 11) is 0. The first-order valence-corrected chi connectivity index (χ1v) is 6.31. The van der Waals surface area contributed by atoms with Crippen LogP contribution in [0.1, 0.15) is 12.5 Å². The number of nitrogens with two attached hydrogens (primary N) is 1. The molecular weight excluding hydrogens is 238 g/mol. The van der Waals surface area contributed by atoms with Crippen molar-refractivity contribution in [2.24, 2.45) is 0 Å². The maximum absolute atomic E-state index is 5.72. The molecule has 1 atom stereocenters. The molecule has 1 unspecified atom stereocenters. The molecule has 2 rings (SSSR count). The second kappa shape index (κ2) is 6.09. The average Bonchev–Trinajstić information content (AvgIpc) is 2.38. The molecule has 0 saturated carbocycles. The SMILES string of the molecule is Cc1ccc(OCC(C)Nc2ccnc(N)c2)cc1. The van der Waals surface area contributed by atoms with Gasteiger partial charge in [0.05, 0.1) is 6.04 Å². The predicted octanol–water partition coefficient (Wildman–Crippen LogP) is 2.85. The lowest BCUT2D eigenvalue weighted by atomic mass is 10.2. The van der Waals surface area contributed by atoms with Gasteiger partial charge in [-0.2, -0.15) is 0 Å². The fourth-order valence-electron chi connectivity index (χ4n) is 1.72. The Morgan fingerprint density at radius 3 is 2.68 bits per heavy atom. The van der Waals surface area contributed by atoms with E-state index in [1.54, 1.807) is 6.20 Å². The largest absolute Gasteiger partial charge is 0.491 e. The molecule has 0 saturated heterocycles. The normalized spacial score (nSPS) is 11.9. The van der Waals surface area contributed by atoms with E-state index >= 15 is 0 Å². The Hall–Kier alpha value is -2.23. The van der Waals surface area contributed by atoms with Gasteiger partial charge in [-0.25, -0.2) is 4.98 Å². The summed E-state index contributed by atoms with van der Waals surface area (Å²) in [6.45, 7) is 4.71. The zero-order chi connectivity index (χ0) is 13.7. The molecule has 0 amide bonds. The van der Waals surface area contributed by atoms with Crippen LogP contribution < -0.4 is 15.8 Å². The van der Waals surface area contributed by atoms with Crippen LogP contribution >= 0.6 is 0 Å². The topological polar surface area (TPSA) is 60.2 Å². The summed E-state index contributed by atoms with van der Waals surface area (Å²) in [6, 6.07) is 11.9. The van der Waals surface area contributed by atoms with E-state index < -0.39 is 0 Å². The standard InChI is InChI=1S/C15H19N3O/c1-11-3-5-14(6-4-11)19-10-12(2)18-13-7-8-17-15(16)9-13/h3-9,12H,10H2,1-2H3,(H3,16,17,18). The number of nitrogens with one attached hydrogen (secondary N) is 1. The van der Waals surface area contributed by atoms with Crippen LogP contribution in [0.3, 0.4) is 0 Å². The first-order chi connectivity index (χ1) is 9.13. The van der Waals surface area contributed by atoms with Gasteiger partial charge >= 0.3 is 0 Å². The zero-order valence-electron chi connectivity index (χ0n) is 11.3. The molecule has 4 nitrogen and oxygen atoms in total. The van der Waals surface area contributed by atoms with Crippen molar-refractivity contribution in [2.75, 3.05) is 17.7 Å². The Kier molecular flexibility index (Phi) is 4.23. The van der Waals surface area contributed by atoms with Crippen molar-refractivity contribution in [3.63, 3.8) is 0 Å². The van der Waals surface area contributed by atoms with Gasteiger partial charge in [0.25, 0.3) is 0 Å². The Labute approximate surface area is 113 Å². The molecule has 0 radical (unpaired) electrons. The minimum Gasteiger partial charge on any atom is -0.491 e. The molecule has 4 heteroatoms. The van der Waals surface area contributed by atoms with Crippen LogP contribution in [0.2, 0.25) is 0 Å². The van der Waals surface area contributed by atoms with E-state index in [2.05, 4.69) is 24.1 Å². The van der Waals surface area contributed by atoms with Gasteiger partial charge in [-0.05, 0) is 32.0 Å². The highest BCUT2D eigenvalue weighted by atomic mass is 16.5. The van der Waals surface area contributed by atoms with Crippen molar-refractivity contribution in [3.8, 4) is 5.75 Å². The third kappa shape index (κ3) is 4.17. The van der Waals surface area contributed by atoms with E-state index in [-0.39, 0.29) is 6.04 Å². The zero-order valence-corrected chi connectivity index (χ0v) is 11.3. The quantitative estimate of drug-likeness (QED) is 0.864. The van der Waals surface area contributed by atoms with Crippen molar-refractivity contribution in [2.45, 2.75) is 19.9 Å². The molecule has 3 N–H and O–H groups in total. The van der Waals surface area contributed by atoms with Crippen LogP contribution in [0.25, 0.3) is 0 Å². The summed E-state index contributed by atoms with van der Waals surface area (Å²) in [5.41, 5.74) is 7.81. The number of hydrogen-bond donors (Lipinski definition) is 2. The number of aryl methyl sites for hydroxylation is 1. The highest BCUT2D eigenvalue weighted by Gasteiger charge is 2.03. The number of nitrogen functional groups attached to an aromatic ring is 1. The summed E-state index contributed by atoms with van der Waals surface area (Å²) in [5, 5.41) is 3.32. The van der Waals surface area contributed by atoms with Gasteiger partial charge in [0, 0.05) is 18.0 Å². The van der Waals surface area contributed by atoms with Gasteiger partial charge in [-0.15, -0.1) is 0 Å². The van der Waals surface area contributed by atoms with E-state index in [9.17, 15) is 0 Å². The van der Waals surface area contributed by atoms with Crippen LogP contribution in [-0.4, -0.2) is 17.6 Å². The lowest BCUT2D eigenvalue weighted by molar-refractivity contribution is 0.304. The lowest BCUT2D eigenvalue weighted by Gasteiger charge is -2.16. The predicted molar refractivity (Wildman–Crippen MR) is 78.4 cm³/mol. The van der Waals surface area contributed by atoms with Crippen LogP contribution in [-0.2, 0) is 0 Å². The van der Waals surface area contributed by atoms with E-state index in [1.807, 2.05) is 36.4 Å². The third-order valence-corrected chi connectivity index (χ3v) is 2.72. The van der Waals surface area contributed by atoms with Crippen LogP contribution in [0.5, 0.6) is 5.75 Å². The molecule has 0 spiro atoms. The molecule has 19 heavy (non-hydrogen) atoms. The molecule has 1 aromatic carbocycles. The van der Waals surface area contributed by atoms with Gasteiger partial charge in [0.2, 0.25) is 0 Å². The molecule has 0 bridgehead atoms. The first-order valence-electron chi connectivity index (χ1n) is 6.31. The summed E-state index contributed by atoms with van der Waals surface area (Å²) < 4.78 is 5.72. The maximum Gasteiger partial charge on any atom is 0.125 e. The molecule has 2 aromatic rings. The highest BCUT2D eigenvalue weighted by Crippen LogP contribution is 2.13. The van der Waals surface area contributed by atoms with Gasteiger partial charge in [0.15, 0.2) is 0 Å². The fraction of sp³-hybridized carbons (Fsp3) is 0.267. The molecular formula is C15H19N3O. The third-order valence-electron chi connectivity index (χ3n) is 2.72. The average molecular weight is 257 g/mol. The molecule has 0 fully saturated rings. The van der Waals surface area contributed by atoms with Crippen molar-refractivity contribution >= 4 is 11.5 Å². The van der Waals surface area contributed by atoms with Crippen LogP contribution in [0, 0.1) is 6.92 Å². The van der Waals surface area contributed by atoms with E-state index in [0.29, 0.717) is 12.4 Å². The highest BCUT2D eigenvalue weighted by molar-refractivity contribution is 5.50. The molecule has 1 aromatic heterocycles. The summed E-state index contributed by atoms with van der Waals surface area (Å²) in [5.74, 6) is 1.39.